The topological polar surface area (TPSA) is 30.7 Å². The Morgan fingerprint density at radius 1 is 1.14 bits per heavy atom. The summed E-state index contributed by atoms with van der Waals surface area (Å²) < 4.78 is 29.0. The van der Waals surface area contributed by atoms with Crippen molar-refractivity contribution in [1.82, 2.24) is 14.8 Å². The van der Waals surface area contributed by atoms with Crippen LogP contribution in [0, 0.1) is 11.6 Å². The number of halogens is 3. The minimum absolute atomic E-state index is 0.0608. The first-order chi connectivity index (χ1) is 10.1. The van der Waals surface area contributed by atoms with Crippen LogP contribution in [0.1, 0.15) is 5.56 Å². The number of rotatable bonds is 3. The van der Waals surface area contributed by atoms with Gasteiger partial charge in [-0.1, -0.05) is 11.6 Å². The van der Waals surface area contributed by atoms with Gasteiger partial charge in [-0.15, -0.1) is 0 Å². The van der Waals surface area contributed by atoms with Gasteiger partial charge in [-0.3, -0.25) is 9.67 Å². The lowest BCUT2D eigenvalue weighted by molar-refractivity contribution is 0.614. The van der Waals surface area contributed by atoms with Crippen LogP contribution in [0.3, 0.4) is 0 Å². The molecule has 0 spiro atoms. The van der Waals surface area contributed by atoms with Crippen LogP contribution < -0.4 is 0 Å². The highest BCUT2D eigenvalue weighted by molar-refractivity contribution is 6.31. The van der Waals surface area contributed by atoms with Gasteiger partial charge in [0.05, 0.1) is 11.6 Å². The summed E-state index contributed by atoms with van der Waals surface area (Å²) >= 11 is 5.71. The fraction of sp³-hybridized carbons (Fsp3) is 0.0667. The zero-order valence-electron chi connectivity index (χ0n) is 10.8. The third-order valence-corrected chi connectivity index (χ3v) is 3.28. The van der Waals surface area contributed by atoms with E-state index in [9.17, 15) is 8.78 Å². The van der Waals surface area contributed by atoms with Crippen LogP contribution in [-0.2, 0) is 6.54 Å². The highest BCUT2D eigenvalue weighted by Gasteiger charge is 2.10. The van der Waals surface area contributed by atoms with E-state index in [-0.39, 0.29) is 10.7 Å². The van der Waals surface area contributed by atoms with E-state index in [4.69, 9.17) is 11.6 Å². The maximum Gasteiger partial charge on any atom is 0.149 e. The average molecular weight is 306 g/mol. The Labute approximate surface area is 124 Å². The van der Waals surface area contributed by atoms with Crippen LogP contribution in [0.15, 0.2) is 48.9 Å². The minimum atomic E-state index is -0.545. The van der Waals surface area contributed by atoms with Gasteiger partial charge in [0.2, 0.25) is 0 Å². The molecule has 0 fully saturated rings. The van der Waals surface area contributed by atoms with Gasteiger partial charge in [0.15, 0.2) is 0 Å². The van der Waals surface area contributed by atoms with Crippen molar-refractivity contribution in [2.45, 2.75) is 6.54 Å². The third-order valence-electron chi connectivity index (χ3n) is 2.99. The largest absolute Gasteiger partial charge is 0.268 e. The predicted octanol–water partition coefficient (Wildman–Crippen LogP) is 3.93. The molecule has 6 heteroatoms. The molecule has 1 aromatic carbocycles. The van der Waals surface area contributed by atoms with Crippen LogP contribution in [-0.4, -0.2) is 14.8 Å². The number of benzene rings is 1. The molecule has 3 nitrogen and oxygen atoms in total. The first-order valence-corrected chi connectivity index (χ1v) is 6.58. The van der Waals surface area contributed by atoms with E-state index in [0.717, 1.165) is 0 Å². The third kappa shape index (κ3) is 2.92. The van der Waals surface area contributed by atoms with E-state index < -0.39 is 11.6 Å². The summed E-state index contributed by atoms with van der Waals surface area (Å²) in [6.45, 7) is 0.432. The van der Waals surface area contributed by atoms with Gasteiger partial charge in [0, 0.05) is 24.2 Å². The second-order valence-corrected chi connectivity index (χ2v) is 4.91. The number of hydrogen-bond donors (Lipinski definition) is 0. The summed E-state index contributed by atoms with van der Waals surface area (Å²) in [5, 5.41) is 3.99. The van der Waals surface area contributed by atoms with Gasteiger partial charge in [-0.25, -0.2) is 8.78 Å². The molecule has 2 heterocycles. The number of hydrogen-bond acceptors (Lipinski definition) is 2. The van der Waals surface area contributed by atoms with Crippen LogP contribution in [0.25, 0.3) is 11.3 Å². The van der Waals surface area contributed by atoms with E-state index in [1.807, 2.05) is 0 Å². The van der Waals surface area contributed by atoms with Crippen molar-refractivity contribution in [3.63, 3.8) is 0 Å². The first kappa shape index (κ1) is 13.7. The molecule has 0 saturated carbocycles. The lowest BCUT2D eigenvalue weighted by Gasteiger charge is -2.07. The lowest BCUT2D eigenvalue weighted by Crippen LogP contribution is -2.02. The second kappa shape index (κ2) is 5.61. The van der Waals surface area contributed by atoms with Gasteiger partial charge in [0.1, 0.15) is 17.3 Å². The predicted molar refractivity (Wildman–Crippen MR) is 75.9 cm³/mol. The van der Waals surface area contributed by atoms with Crippen LogP contribution in [0.5, 0.6) is 0 Å². The van der Waals surface area contributed by atoms with Crippen LogP contribution in [0.2, 0.25) is 5.02 Å². The summed E-state index contributed by atoms with van der Waals surface area (Å²) in [7, 11) is 0. The highest BCUT2D eigenvalue weighted by atomic mass is 35.5. The van der Waals surface area contributed by atoms with E-state index >= 15 is 0 Å². The molecule has 0 amide bonds. The summed E-state index contributed by atoms with van der Waals surface area (Å²) in [4.78, 5) is 4.10. The van der Waals surface area contributed by atoms with E-state index in [1.165, 1.54) is 24.3 Å². The summed E-state index contributed by atoms with van der Waals surface area (Å²) in [5.74, 6) is -1.03. The summed E-state index contributed by atoms with van der Waals surface area (Å²) in [5.41, 5.74) is 1.26. The van der Waals surface area contributed by atoms with Crippen molar-refractivity contribution in [1.29, 1.82) is 0 Å². The lowest BCUT2D eigenvalue weighted by atomic mass is 10.1. The molecule has 0 saturated heterocycles. The summed E-state index contributed by atoms with van der Waals surface area (Å²) in [6, 6.07) is 7.17. The van der Waals surface area contributed by atoms with Crippen LogP contribution in [0.4, 0.5) is 8.78 Å². The average Bonchev–Trinajstić information content (AvgIpc) is 2.95. The molecule has 0 aliphatic carbocycles. The van der Waals surface area contributed by atoms with Gasteiger partial charge >= 0.3 is 0 Å². The van der Waals surface area contributed by atoms with Crippen molar-refractivity contribution in [2.24, 2.45) is 0 Å². The van der Waals surface area contributed by atoms with E-state index in [0.29, 0.717) is 17.7 Å². The minimum Gasteiger partial charge on any atom is -0.268 e. The van der Waals surface area contributed by atoms with Crippen molar-refractivity contribution in [3.8, 4) is 11.3 Å². The van der Waals surface area contributed by atoms with Gasteiger partial charge in [-0.2, -0.15) is 5.10 Å². The number of pyridine rings is 1. The number of aromatic nitrogens is 3. The molecule has 0 radical (unpaired) electrons. The highest BCUT2D eigenvalue weighted by Crippen LogP contribution is 2.25. The molecule has 106 valence electrons. The maximum absolute atomic E-state index is 14.2. The summed E-state index contributed by atoms with van der Waals surface area (Å²) in [6.07, 6.45) is 5.00. The SMILES string of the molecule is Fc1ccc(-c2ncc(Cn3cccn3)cc2F)cc1Cl. The van der Waals surface area contributed by atoms with Gasteiger partial charge < -0.3 is 0 Å². The Balaban J connectivity index is 1.92. The molecule has 0 aliphatic rings. The maximum atomic E-state index is 14.2. The Kier molecular flexibility index (Phi) is 3.66. The van der Waals surface area contributed by atoms with Crippen molar-refractivity contribution in [3.05, 3.63) is 71.1 Å². The Morgan fingerprint density at radius 2 is 2.00 bits per heavy atom. The molecule has 0 atom stereocenters. The standard InChI is InChI=1S/C15H10ClF2N3/c16-12-7-11(2-3-13(12)17)15-14(18)6-10(8-19-15)9-21-5-1-4-20-21/h1-8H,9H2. The van der Waals surface area contributed by atoms with Crippen molar-refractivity contribution in [2.75, 3.05) is 0 Å². The smallest absolute Gasteiger partial charge is 0.149 e. The Bertz CT molecular complexity index is 773. The van der Waals surface area contributed by atoms with E-state index in [2.05, 4.69) is 10.1 Å². The molecule has 3 rings (SSSR count). The molecule has 0 aliphatic heterocycles. The quantitative estimate of drug-likeness (QED) is 0.734. The number of nitrogens with zero attached hydrogens (tertiary/aromatic N) is 3. The molecule has 0 N–H and O–H groups in total. The first-order valence-electron chi connectivity index (χ1n) is 6.21. The van der Waals surface area contributed by atoms with Gasteiger partial charge in [-0.05, 0) is 35.9 Å². The molecular weight excluding hydrogens is 296 g/mol. The van der Waals surface area contributed by atoms with E-state index in [1.54, 1.807) is 29.3 Å². The van der Waals surface area contributed by atoms with Gasteiger partial charge in [0.25, 0.3) is 0 Å². The monoisotopic (exact) mass is 305 g/mol. The van der Waals surface area contributed by atoms with Crippen LogP contribution >= 0.6 is 11.6 Å². The normalized spacial score (nSPS) is 10.8. The Morgan fingerprint density at radius 3 is 2.67 bits per heavy atom. The van der Waals surface area contributed by atoms with Crippen molar-refractivity contribution < 1.29 is 8.78 Å². The fourth-order valence-corrected chi connectivity index (χ4v) is 2.18. The molecule has 2 aromatic heterocycles. The Hall–Kier alpha value is -2.27. The van der Waals surface area contributed by atoms with Crippen molar-refractivity contribution >= 4 is 11.6 Å². The molecule has 21 heavy (non-hydrogen) atoms. The molecule has 3 aromatic rings. The molecular formula is C15H10ClF2N3. The second-order valence-electron chi connectivity index (χ2n) is 4.51. The zero-order valence-corrected chi connectivity index (χ0v) is 11.6. The molecule has 0 unspecified atom stereocenters. The molecule has 0 bridgehead atoms. The fourth-order valence-electron chi connectivity index (χ4n) is 2.00. The zero-order chi connectivity index (χ0) is 14.8.